The highest BCUT2D eigenvalue weighted by Crippen LogP contribution is 2.49. The summed E-state index contributed by atoms with van der Waals surface area (Å²) in [4.78, 5) is 12.5. The van der Waals surface area contributed by atoms with Crippen LogP contribution in [0.25, 0.3) is 16.5 Å². The second kappa shape index (κ2) is 11.5. The zero-order valence-electron chi connectivity index (χ0n) is 21.7. The Morgan fingerprint density at radius 1 is 0.917 bits per heavy atom. The molecule has 1 aliphatic rings. The van der Waals surface area contributed by atoms with E-state index in [1.165, 1.54) is 16.3 Å². The number of carbonyl (C=O) groups is 1. The van der Waals surface area contributed by atoms with Crippen LogP contribution in [0.5, 0.6) is 0 Å². The summed E-state index contributed by atoms with van der Waals surface area (Å²) in [5, 5.41) is 12.5. The number of nitrogens with one attached hydrogen (secondary N) is 3. The van der Waals surface area contributed by atoms with E-state index in [0.717, 1.165) is 48.9 Å². The van der Waals surface area contributed by atoms with Crippen LogP contribution in [0.4, 0.5) is 0 Å². The van der Waals surface area contributed by atoms with Crippen molar-refractivity contribution in [1.29, 1.82) is 0 Å². The fraction of sp³-hybridized carbons (Fsp3) is 0.344. The molecule has 4 nitrogen and oxygen atoms in total. The first kappa shape index (κ1) is 25.6. The van der Waals surface area contributed by atoms with E-state index in [4.69, 9.17) is 0 Å². The quantitative estimate of drug-likeness (QED) is 0.240. The molecule has 4 heteroatoms. The first-order chi connectivity index (χ1) is 17.5. The molecule has 188 valence electrons. The largest absolute Gasteiger partial charge is 0.377 e. The maximum absolute atomic E-state index is 12.5. The summed E-state index contributed by atoms with van der Waals surface area (Å²) in [7, 11) is 0. The van der Waals surface area contributed by atoms with Gasteiger partial charge in [-0.15, -0.1) is 0 Å². The SMILES string of the molecule is C=C(NCc1ccccc1C(=C)NC1(c2cccc3ccccc23)CC1)C(=O)NCCC(CC)CC. The van der Waals surface area contributed by atoms with Crippen LogP contribution in [-0.4, -0.2) is 12.5 Å². The Balaban J connectivity index is 1.39. The monoisotopic (exact) mass is 481 g/mol. The van der Waals surface area contributed by atoms with Gasteiger partial charge >= 0.3 is 0 Å². The summed E-state index contributed by atoms with van der Waals surface area (Å²) in [6, 6.07) is 23.3. The van der Waals surface area contributed by atoms with Gasteiger partial charge in [-0.25, -0.2) is 0 Å². The summed E-state index contributed by atoms with van der Waals surface area (Å²) in [5.74, 6) is 0.517. The third kappa shape index (κ3) is 5.81. The van der Waals surface area contributed by atoms with E-state index in [1.807, 2.05) is 12.1 Å². The summed E-state index contributed by atoms with van der Waals surface area (Å²) < 4.78 is 0. The van der Waals surface area contributed by atoms with Crippen LogP contribution < -0.4 is 16.0 Å². The van der Waals surface area contributed by atoms with Crippen LogP contribution in [0.15, 0.2) is 85.6 Å². The molecule has 0 heterocycles. The smallest absolute Gasteiger partial charge is 0.266 e. The molecule has 4 rings (SSSR count). The Morgan fingerprint density at radius 2 is 1.61 bits per heavy atom. The van der Waals surface area contributed by atoms with Gasteiger partial charge in [-0.2, -0.15) is 0 Å². The predicted octanol–water partition coefficient (Wildman–Crippen LogP) is 6.64. The first-order valence-corrected chi connectivity index (χ1v) is 13.2. The summed E-state index contributed by atoms with van der Waals surface area (Å²) in [6.07, 6.45) is 5.44. The van der Waals surface area contributed by atoms with E-state index in [-0.39, 0.29) is 11.4 Å². The minimum Gasteiger partial charge on any atom is -0.377 e. The van der Waals surface area contributed by atoms with Gasteiger partial charge in [0, 0.05) is 24.4 Å². The van der Waals surface area contributed by atoms with Gasteiger partial charge in [0.15, 0.2) is 0 Å². The molecule has 0 bridgehead atoms. The van der Waals surface area contributed by atoms with Crippen molar-refractivity contribution in [1.82, 2.24) is 16.0 Å². The highest BCUT2D eigenvalue weighted by Gasteiger charge is 2.45. The zero-order valence-corrected chi connectivity index (χ0v) is 21.7. The van der Waals surface area contributed by atoms with Crippen LogP contribution in [0, 0.1) is 5.92 Å². The second-order valence-corrected chi connectivity index (χ2v) is 9.93. The van der Waals surface area contributed by atoms with Gasteiger partial charge in [0.1, 0.15) is 0 Å². The Hall–Kier alpha value is -3.53. The van der Waals surface area contributed by atoms with Gasteiger partial charge in [-0.1, -0.05) is 107 Å². The van der Waals surface area contributed by atoms with Crippen molar-refractivity contribution in [2.45, 2.75) is 58.0 Å². The van der Waals surface area contributed by atoms with Gasteiger partial charge in [0.25, 0.3) is 5.91 Å². The van der Waals surface area contributed by atoms with Crippen LogP contribution >= 0.6 is 0 Å². The molecule has 1 amide bonds. The third-order valence-electron chi connectivity index (χ3n) is 7.55. The van der Waals surface area contributed by atoms with E-state index in [1.54, 1.807) is 0 Å². The molecule has 0 spiro atoms. The van der Waals surface area contributed by atoms with Crippen LogP contribution in [0.2, 0.25) is 0 Å². The minimum atomic E-state index is -0.136. The first-order valence-electron chi connectivity index (χ1n) is 13.2. The molecule has 3 N–H and O–H groups in total. The number of hydrogen-bond donors (Lipinski definition) is 3. The number of benzene rings is 3. The normalized spacial score (nSPS) is 13.9. The molecular weight excluding hydrogens is 442 g/mol. The van der Waals surface area contributed by atoms with Crippen molar-refractivity contribution in [3.63, 3.8) is 0 Å². The van der Waals surface area contributed by atoms with Crippen molar-refractivity contribution >= 4 is 22.4 Å². The lowest BCUT2D eigenvalue weighted by molar-refractivity contribution is -0.117. The molecule has 36 heavy (non-hydrogen) atoms. The van der Waals surface area contributed by atoms with E-state index in [0.29, 0.717) is 24.7 Å². The van der Waals surface area contributed by atoms with E-state index >= 15 is 0 Å². The lowest BCUT2D eigenvalue weighted by Crippen LogP contribution is -2.32. The van der Waals surface area contributed by atoms with Gasteiger partial charge in [0.2, 0.25) is 0 Å². The molecule has 3 aromatic carbocycles. The maximum Gasteiger partial charge on any atom is 0.266 e. The lowest BCUT2D eigenvalue weighted by Gasteiger charge is -2.24. The predicted molar refractivity (Wildman–Crippen MR) is 151 cm³/mol. The van der Waals surface area contributed by atoms with Crippen molar-refractivity contribution in [2.75, 3.05) is 6.54 Å². The third-order valence-corrected chi connectivity index (χ3v) is 7.55. The Bertz CT molecular complexity index is 1230. The fourth-order valence-corrected chi connectivity index (χ4v) is 5.03. The Labute approximate surface area is 215 Å². The second-order valence-electron chi connectivity index (χ2n) is 9.93. The summed E-state index contributed by atoms with van der Waals surface area (Å²) in [6.45, 7) is 14.0. The summed E-state index contributed by atoms with van der Waals surface area (Å²) >= 11 is 0. The molecular formula is C32H39N3O. The number of rotatable bonds is 13. The molecule has 3 aromatic rings. The number of amides is 1. The van der Waals surface area contributed by atoms with Gasteiger partial charge < -0.3 is 16.0 Å². The molecule has 0 aliphatic heterocycles. The molecule has 0 aromatic heterocycles. The molecule has 0 atom stereocenters. The highest BCUT2D eigenvalue weighted by atomic mass is 16.2. The molecule has 0 saturated heterocycles. The minimum absolute atomic E-state index is 0.0865. The number of hydrogen-bond acceptors (Lipinski definition) is 3. The molecule has 1 aliphatic carbocycles. The zero-order chi connectivity index (χ0) is 25.5. The van der Waals surface area contributed by atoms with Gasteiger partial charge in [-0.05, 0) is 47.1 Å². The molecule has 1 fully saturated rings. The average Bonchev–Trinajstić information content (AvgIpc) is 3.69. The van der Waals surface area contributed by atoms with Crippen molar-refractivity contribution in [3.8, 4) is 0 Å². The highest BCUT2D eigenvalue weighted by molar-refractivity contribution is 5.92. The van der Waals surface area contributed by atoms with E-state index < -0.39 is 0 Å². The molecule has 1 saturated carbocycles. The van der Waals surface area contributed by atoms with E-state index in [9.17, 15) is 4.79 Å². The maximum atomic E-state index is 12.5. The van der Waals surface area contributed by atoms with Crippen molar-refractivity contribution in [2.24, 2.45) is 5.92 Å². The molecule has 0 unspecified atom stereocenters. The number of carbonyl (C=O) groups excluding carboxylic acids is 1. The number of fused-ring (bicyclic) bond motifs is 1. The van der Waals surface area contributed by atoms with Crippen molar-refractivity contribution < 1.29 is 4.79 Å². The topological polar surface area (TPSA) is 53.2 Å². The summed E-state index contributed by atoms with van der Waals surface area (Å²) in [5.41, 5.74) is 4.67. The van der Waals surface area contributed by atoms with Crippen LogP contribution in [0.1, 0.15) is 62.6 Å². The van der Waals surface area contributed by atoms with Gasteiger partial charge in [-0.3, -0.25) is 4.79 Å². The molecule has 0 radical (unpaired) electrons. The Kier molecular flexibility index (Phi) is 8.14. The van der Waals surface area contributed by atoms with Crippen LogP contribution in [-0.2, 0) is 16.9 Å². The van der Waals surface area contributed by atoms with Crippen molar-refractivity contribution in [3.05, 3.63) is 102 Å². The van der Waals surface area contributed by atoms with E-state index in [2.05, 4.69) is 97.6 Å². The fourth-order valence-electron chi connectivity index (χ4n) is 5.03. The standard InChI is InChI=1S/C32H39N3O/c1-5-25(6-2)18-21-33-31(36)24(4)34-22-27-13-8-9-15-28(27)23(3)35-32(19-20-32)30-17-11-14-26-12-7-10-16-29(26)30/h7-17,25,34-35H,3-6,18-22H2,1-2H3,(H,33,36). The Morgan fingerprint density at radius 3 is 2.36 bits per heavy atom. The average molecular weight is 482 g/mol. The van der Waals surface area contributed by atoms with Crippen LogP contribution in [0.3, 0.4) is 0 Å². The van der Waals surface area contributed by atoms with Gasteiger partial charge in [0.05, 0.1) is 11.2 Å². The lowest BCUT2D eigenvalue weighted by atomic mass is 9.96.